The number of nitro benzene ring substituents is 1. The van der Waals surface area contributed by atoms with E-state index >= 15 is 0 Å². The molecule has 0 spiro atoms. The fourth-order valence-corrected chi connectivity index (χ4v) is 1.13. The Balaban J connectivity index is 3.02. The fourth-order valence-electron chi connectivity index (χ4n) is 1.13. The summed E-state index contributed by atoms with van der Waals surface area (Å²) in [6.07, 6.45) is 3.01. The zero-order valence-electron chi connectivity index (χ0n) is 8.25. The largest absolute Gasteiger partial charge is 0.404 e. The first-order valence-corrected chi connectivity index (χ1v) is 4.28. The quantitative estimate of drug-likeness (QED) is 0.462. The molecular weight excluding hydrogens is 194 g/mol. The minimum Gasteiger partial charge on any atom is -0.404 e. The van der Waals surface area contributed by atoms with E-state index in [0.29, 0.717) is 0 Å². The minimum atomic E-state index is -0.441. The molecule has 0 unspecified atom stereocenters. The number of nitrogens with two attached hydrogens (primary N) is 1. The van der Waals surface area contributed by atoms with Crippen LogP contribution in [0.25, 0.3) is 5.57 Å². The third-order valence-corrected chi connectivity index (χ3v) is 1.86. The first-order valence-electron chi connectivity index (χ1n) is 4.28. The molecule has 0 atom stereocenters. The number of hydrogen-bond acceptors (Lipinski definition) is 4. The van der Waals surface area contributed by atoms with E-state index in [1.54, 1.807) is 25.4 Å². The third-order valence-electron chi connectivity index (χ3n) is 1.86. The molecular formula is C10H11N3O2. The molecule has 2 N–H and O–H groups in total. The van der Waals surface area contributed by atoms with Crippen LogP contribution in [-0.4, -0.2) is 18.2 Å². The van der Waals surface area contributed by atoms with Crippen molar-refractivity contribution in [1.29, 1.82) is 0 Å². The molecule has 0 bridgehead atoms. The van der Waals surface area contributed by atoms with E-state index < -0.39 is 4.92 Å². The highest BCUT2D eigenvalue weighted by Crippen LogP contribution is 2.16. The van der Waals surface area contributed by atoms with Gasteiger partial charge < -0.3 is 5.73 Å². The van der Waals surface area contributed by atoms with Crippen LogP contribution in [0.5, 0.6) is 0 Å². The van der Waals surface area contributed by atoms with E-state index in [4.69, 9.17) is 5.73 Å². The Kier molecular flexibility index (Phi) is 3.56. The summed E-state index contributed by atoms with van der Waals surface area (Å²) in [5.74, 6) is 0. The molecule has 0 saturated heterocycles. The maximum absolute atomic E-state index is 10.4. The highest BCUT2D eigenvalue weighted by Gasteiger charge is 2.05. The molecule has 15 heavy (non-hydrogen) atoms. The van der Waals surface area contributed by atoms with Crippen molar-refractivity contribution in [2.45, 2.75) is 0 Å². The highest BCUT2D eigenvalue weighted by molar-refractivity contribution is 6.09. The fraction of sp³-hybridized carbons (Fsp3) is 0.100. The molecule has 5 heteroatoms. The first-order chi connectivity index (χ1) is 7.19. The number of benzene rings is 1. The van der Waals surface area contributed by atoms with Crippen molar-refractivity contribution in [2.75, 3.05) is 7.05 Å². The number of aliphatic imine (C=N–C) groups is 1. The van der Waals surface area contributed by atoms with Gasteiger partial charge >= 0.3 is 0 Å². The molecule has 0 aliphatic heterocycles. The Hall–Kier alpha value is -2.17. The lowest BCUT2D eigenvalue weighted by Crippen LogP contribution is -1.92. The summed E-state index contributed by atoms with van der Waals surface area (Å²) in [4.78, 5) is 13.8. The van der Waals surface area contributed by atoms with Crippen molar-refractivity contribution < 1.29 is 4.92 Å². The van der Waals surface area contributed by atoms with Crippen molar-refractivity contribution in [2.24, 2.45) is 10.7 Å². The van der Waals surface area contributed by atoms with Crippen molar-refractivity contribution in [3.63, 3.8) is 0 Å². The van der Waals surface area contributed by atoms with E-state index in [9.17, 15) is 10.1 Å². The van der Waals surface area contributed by atoms with E-state index in [-0.39, 0.29) is 5.69 Å². The number of hydrogen-bond donors (Lipinski definition) is 1. The van der Waals surface area contributed by atoms with Crippen LogP contribution in [0.3, 0.4) is 0 Å². The average molecular weight is 205 g/mol. The van der Waals surface area contributed by atoms with Gasteiger partial charge in [0.05, 0.1) is 4.92 Å². The van der Waals surface area contributed by atoms with Gasteiger partial charge in [-0.05, 0) is 17.7 Å². The molecule has 1 aromatic rings. The second-order valence-corrected chi connectivity index (χ2v) is 2.81. The Bertz CT molecular complexity index is 407. The average Bonchev–Trinajstić information content (AvgIpc) is 2.26. The number of nitrogens with zero attached hydrogens (tertiary/aromatic N) is 2. The van der Waals surface area contributed by atoms with E-state index in [1.807, 2.05) is 0 Å². The van der Waals surface area contributed by atoms with Gasteiger partial charge in [-0.15, -0.1) is 0 Å². The van der Waals surface area contributed by atoms with Gasteiger partial charge in [-0.25, -0.2) is 0 Å². The van der Waals surface area contributed by atoms with Gasteiger partial charge in [-0.2, -0.15) is 0 Å². The SMILES string of the molecule is CN=CC(=CN)c1ccc([N+](=O)[O-])cc1. The van der Waals surface area contributed by atoms with Crippen LogP contribution < -0.4 is 5.73 Å². The van der Waals surface area contributed by atoms with Crippen LogP contribution in [0.4, 0.5) is 5.69 Å². The molecule has 0 fully saturated rings. The van der Waals surface area contributed by atoms with Crippen molar-refractivity contribution in [1.82, 2.24) is 0 Å². The van der Waals surface area contributed by atoms with Crippen LogP contribution in [0, 0.1) is 10.1 Å². The smallest absolute Gasteiger partial charge is 0.269 e. The number of non-ortho nitro benzene ring substituents is 1. The molecule has 0 radical (unpaired) electrons. The topological polar surface area (TPSA) is 81.5 Å². The van der Waals surface area contributed by atoms with Gasteiger partial charge in [0.25, 0.3) is 5.69 Å². The van der Waals surface area contributed by atoms with Gasteiger partial charge in [0.15, 0.2) is 0 Å². The summed E-state index contributed by atoms with van der Waals surface area (Å²) < 4.78 is 0. The molecule has 5 nitrogen and oxygen atoms in total. The van der Waals surface area contributed by atoms with Gasteiger partial charge in [-0.3, -0.25) is 15.1 Å². The molecule has 78 valence electrons. The normalized spacial score (nSPS) is 11.9. The lowest BCUT2D eigenvalue weighted by atomic mass is 10.1. The van der Waals surface area contributed by atoms with Crippen molar-refractivity contribution in [3.05, 3.63) is 46.1 Å². The van der Waals surface area contributed by atoms with Gasteiger partial charge in [0, 0.05) is 37.2 Å². The molecule has 0 amide bonds. The van der Waals surface area contributed by atoms with Crippen LogP contribution in [-0.2, 0) is 0 Å². The monoisotopic (exact) mass is 205 g/mol. The lowest BCUT2D eigenvalue weighted by molar-refractivity contribution is -0.384. The summed E-state index contributed by atoms with van der Waals surface area (Å²) >= 11 is 0. The van der Waals surface area contributed by atoms with E-state index in [2.05, 4.69) is 4.99 Å². The maximum Gasteiger partial charge on any atom is 0.269 e. The van der Waals surface area contributed by atoms with Crippen LogP contribution in [0.15, 0.2) is 35.5 Å². The Labute approximate surface area is 87.1 Å². The Morgan fingerprint density at radius 2 is 2.07 bits per heavy atom. The molecule has 0 saturated carbocycles. The predicted molar refractivity (Wildman–Crippen MR) is 59.7 cm³/mol. The first kappa shape index (κ1) is 10.9. The van der Waals surface area contributed by atoms with Gasteiger partial charge in [-0.1, -0.05) is 0 Å². The summed E-state index contributed by atoms with van der Waals surface area (Å²) in [6.45, 7) is 0. The molecule has 1 rings (SSSR count). The molecule has 1 aromatic carbocycles. The van der Waals surface area contributed by atoms with Gasteiger partial charge in [0.1, 0.15) is 0 Å². The summed E-state index contributed by atoms with van der Waals surface area (Å²) in [6, 6.07) is 6.14. The lowest BCUT2D eigenvalue weighted by Gasteiger charge is -1.99. The van der Waals surface area contributed by atoms with E-state index in [1.165, 1.54) is 18.3 Å². The molecule has 0 aromatic heterocycles. The summed E-state index contributed by atoms with van der Waals surface area (Å²) in [5.41, 5.74) is 6.99. The second kappa shape index (κ2) is 4.90. The molecule has 0 aliphatic carbocycles. The van der Waals surface area contributed by atoms with Crippen molar-refractivity contribution >= 4 is 17.5 Å². The zero-order valence-corrected chi connectivity index (χ0v) is 8.25. The number of allylic oxidation sites excluding steroid dienone is 1. The van der Waals surface area contributed by atoms with Crippen LogP contribution in [0.2, 0.25) is 0 Å². The maximum atomic E-state index is 10.4. The summed E-state index contributed by atoms with van der Waals surface area (Å²) in [5, 5.41) is 10.4. The van der Waals surface area contributed by atoms with Crippen molar-refractivity contribution in [3.8, 4) is 0 Å². The third kappa shape index (κ3) is 2.63. The van der Waals surface area contributed by atoms with Crippen LogP contribution >= 0.6 is 0 Å². The number of nitro groups is 1. The van der Waals surface area contributed by atoms with Gasteiger partial charge in [0.2, 0.25) is 0 Å². The van der Waals surface area contributed by atoms with Crippen LogP contribution in [0.1, 0.15) is 5.56 Å². The second-order valence-electron chi connectivity index (χ2n) is 2.81. The minimum absolute atomic E-state index is 0.0589. The molecule has 0 heterocycles. The Morgan fingerprint density at radius 1 is 1.47 bits per heavy atom. The number of rotatable bonds is 3. The standard InChI is InChI=1S/C10H11N3O2/c1-12-7-9(6-11)8-2-4-10(5-3-8)13(14)15/h2-7H,11H2,1H3. The zero-order chi connectivity index (χ0) is 11.3. The van der Waals surface area contributed by atoms with E-state index in [0.717, 1.165) is 11.1 Å². The molecule has 0 aliphatic rings. The predicted octanol–water partition coefficient (Wildman–Crippen LogP) is 1.59. The summed E-state index contributed by atoms with van der Waals surface area (Å²) in [7, 11) is 1.63. The highest BCUT2D eigenvalue weighted by atomic mass is 16.6. The Morgan fingerprint density at radius 3 is 2.47 bits per heavy atom.